The molecule has 47 heavy (non-hydrogen) atoms. The number of rotatable bonds is 11. The largest absolute Gasteiger partial charge is 0.497 e. The minimum Gasteiger partial charge on any atom is -0.497 e. The lowest BCUT2D eigenvalue weighted by Crippen LogP contribution is -2.40. The molecule has 240 valence electrons. The molecule has 1 aliphatic heterocycles. The first-order valence-corrected chi connectivity index (χ1v) is 15.2. The van der Waals surface area contributed by atoms with E-state index in [0.29, 0.717) is 17.1 Å². The van der Waals surface area contributed by atoms with Crippen molar-refractivity contribution in [3.8, 4) is 11.5 Å². The highest BCUT2D eigenvalue weighted by Crippen LogP contribution is 2.45. The van der Waals surface area contributed by atoms with Gasteiger partial charge < -0.3 is 29.4 Å². The maximum absolute atomic E-state index is 13.2. The Labute approximate surface area is 272 Å². The number of anilines is 1. The van der Waals surface area contributed by atoms with Gasteiger partial charge in [0.05, 0.1) is 26.9 Å². The number of aliphatic hydroxyl groups excluding tert-OH is 1. The predicted molar refractivity (Wildman–Crippen MR) is 176 cm³/mol. The summed E-state index contributed by atoms with van der Waals surface area (Å²) < 4.78 is 25.6. The van der Waals surface area contributed by atoms with E-state index >= 15 is 0 Å². The lowest BCUT2D eigenvalue weighted by molar-refractivity contribution is -0.0994. The van der Waals surface area contributed by atoms with Crippen molar-refractivity contribution in [1.29, 1.82) is 0 Å². The number of carbonyl (C=O) groups is 1. The molecule has 1 saturated heterocycles. The van der Waals surface area contributed by atoms with E-state index in [4.69, 9.17) is 18.9 Å². The summed E-state index contributed by atoms with van der Waals surface area (Å²) >= 11 is 0. The normalized spacial score (nSPS) is 17.6. The van der Waals surface area contributed by atoms with E-state index in [-0.39, 0.29) is 24.8 Å². The van der Waals surface area contributed by atoms with E-state index in [9.17, 15) is 14.7 Å². The van der Waals surface area contributed by atoms with Crippen molar-refractivity contribution in [2.75, 3.05) is 26.1 Å². The van der Waals surface area contributed by atoms with Gasteiger partial charge in [-0.05, 0) is 59.2 Å². The standard InChI is InChI=1S/C37H35N3O7/c1-44-29-17-13-27(14-18-29)37(26-11-7-4-8-12-26,28-15-19-30(45-2)20-16-28)47-31-23-34(46-32(31)24-41)40-22-21-33(39-36(40)43)38-35(42)25-9-5-3-6-10-25/h3-22,31-32,34,41H,23-24H2,1-2H3,(H,38,39,42,43). The Hall–Kier alpha value is -5.29. The molecular formula is C37H35N3O7. The van der Waals surface area contributed by atoms with Crippen molar-refractivity contribution < 1.29 is 28.8 Å². The monoisotopic (exact) mass is 633 g/mol. The number of carbonyl (C=O) groups excluding carboxylic acids is 1. The molecule has 5 aromatic rings. The number of hydrogen-bond acceptors (Lipinski definition) is 8. The topological polar surface area (TPSA) is 121 Å². The lowest BCUT2D eigenvalue weighted by Gasteiger charge is -2.39. The Balaban J connectivity index is 1.35. The van der Waals surface area contributed by atoms with Gasteiger partial charge in [-0.1, -0.05) is 72.8 Å². The summed E-state index contributed by atoms with van der Waals surface area (Å²) in [7, 11) is 3.23. The summed E-state index contributed by atoms with van der Waals surface area (Å²) in [6.07, 6.45) is -0.433. The van der Waals surface area contributed by atoms with Crippen LogP contribution in [0.1, 0.15) is 39.7 Å². The molecule has 2 heterocycles. The molecule has 6 rings (SSSR count). The van der Waals surface area contributed by atoms with Gasteiger partial charge in [0.25, 0.3) is 5.91 Å². The van der Waals surface area contributed by atoms with Gasteiger partial charge in [-0.3, -0.25) is 9.36 Å². The number of hydrogen-bond donors (Lipinski definition) is 2. The molecule has 3 atom stereocenters. The Kier molecular flexibility index (Phi) is 9.44. The molecule has 0 spiro atoms. The highest BCUT2D eigenvalue weighted by Gasteiger charge is 2.46. The molecule has 4 aromatic carbocycles. The number of aromatic nitrogens is 2. The number of nitrogens with zero attached hydrogens (tertiary/aromatic N) is 2. The van der Waals surface area contributed by atoms with Crippen molar-refractivity contribution in [3.63, 3.8) is 0 Å². The van der Waals surface area contributed by atoms with E-state index in [1.54, 1.807) is 38.5 Å². The summed E-state index contributed by atoms with van der Waals surface area (Å²) in [6.45, 7) is -0.343. The fourth-order valence-corrected chi connectivity index (χ4v) is 5.89. The van der Waals surface area contributed by atoms with Crippen LogP contribution in [-0.2, 0) is 15.1 Å². The van der Waals surface area contributed by atoms with Gasteiger partial charge in [0, 0.05) is 18.2 Å². The average Bonchev–Trinajstić information content (AvgIpc) is 3.53. The summed E-state index contributed by atoms with van der Waals surface area (Å²) in [5, 5.41) is 13.1. The fourth-order valence-electron chi connectivity index (χ4n) is 5.89. The van der Waals surface area contributed by atoms with Gasteiger partial charge in [-0.25, -0.2) is 4.79 Å². The van der Waals surface area contributed by atoms with E-state index in [1.807, 2.05) is 84.9 Å². The van der Waals surface area contributed by atoms with Crippen molar-refractivity contribution >= 4 is 11.7 Å². The number of ether oxygens (including phenoxy) is 4. The minimum atomic E-state index is -1.15. The summed E-state index contributed by atoms with van der Waals surface area (Å²) in [5.41, 5.74) is 1.19. The summed E-state index contributed by atoms with van der Waals surface area (Å²) in [4.78, 5) is 29.9. The van der Waals surface area contributed by atoms with Crippen LogP contribution in [0.15, 0.2) is 126 Å². The smallest absolute Gasteiger partial charge is 0.351 e. The van der Waals surface area contributed by atoms with E-state index in [0.717, 1.165) is 16.7 Å². The first-order chi connectivity index (χ1) is 22.9. The third-order valence-corrected chi connectivity index (χ3v) is 8.28. The van der Waals surface area contributed by atoms with Gasteiger partial charge in [-0.15, -0.1) is 0 Å². The molecule has 10 nitrogen and oxygen atoms in total. The van der Waals surface area contributed by atoms with Crippen LogP contribution in [0.25, 0.3) is 0 Å². The molecule has 1 aromatic heterocycles. The maximum atomic E-state index is 13.2. The van der Waals surface area contributed by atoms with Gasteiger partial charge >= 0.3 is 5.69 Å². The molecule has 1 fully saturated rings. The molecule has 0 bridgehead atoms. The predicted octanol–water partition coefficient (Wildman–Crippen LogP) is 5.17. The first kappa shape index (κ1) is 31.7. The highest BCUT2D eigenvalue weighted by molar-refractivity contribution is 6.03. The molecule has 0 saturated carbocycles. The van der Waals surface area contributed by atoms with Crippen LogP contribution >= 0.6 is 0 Å². The van der Waals surface area contributed by atoms with E-state index < -0.39 is 29.7 Å². The van der Waals surface area contributed by atoms with Crippen LogP contribution in [0.2, 0.25) is 0 Å². The number of benzene rings is 4. The van der Waals surface area contributed by atoms with Gasteiger partial charge in [0.1, 0.15) is 35.2 Å². The van der Waals surface area contributed by atoms with Crippen molar-refractivity contribution in [2.45, 2.75) is 30.5 Å². The van der Waals surface area contributed by atoms with Crippen LogP contribution in [0.4, 0.5) is 5.82 Å². The molecule has 10 heteroatoms. The van der Waals surface area contributed by atoms with E-state index in [2.05, 4.69) is 10.3 Å². The molecule has 3 unspecified atom stereocenters. The Morgan fingerprint density at radius 1 is 0.851 bits per heavy atom. The van der Waals surface area contributed by atoms with Gasteiger partial charge in [-0.2, -0.15) is 4.98 Å². The van der Waals surface area contributed by atoms with Crippen molar-refractivity contribution in [2.24, 2.45) is 0 Å². The lowest BCUT2D eigenvalue weighted by atomic mass is 9.79. The quantitative estimate of drug-likeness (QED) is 0.191. The third-order valence-electron chi connectivity index (χ3n) is 8.28. The SMILES string of the molecule is COc1ccc(C(OC2CC(n3ccc(NC(=O)c4ccccc4)nc3=O)OC2CO)(c2ccccc2)c2ccc(OC)cc2)cc1. The van der Waals surface area contributed by atoms with Gasteiger partial charge in [0.15, 0.2) is 0 Å². The number of methoxy groups -OCH3 is 2. The second kappa shape index (κ2) is 14.0. The van der Waals surface area contributed by atoms with Gasteiger partial charge in [0.2, 0.25) is 0 Å². The maximum Gasteiger partial charge on any atom is 0.351 e. The summed E-state index contributed by atoms with van der Waals surface area (Å²) in [6, 6.07) is 35.3. The van der Waals surface area contributed by atoms with Crippen LogP contribution < -0.4 is 20.5 Å². The number of nitrogens with one attached hydrogen (secondary N) is 1. The average molecular weight is 634 g/mol. The van der Waals surface area contributed by atoms with Crippen molar-refractivity contribution in [1.82, 2.24) is 9.55 Å². The second-order valence-corrected chi connectivity index (χ2v) is 11.0. The van der Waals surface area contributed by atoms with Crippen LogP contribution in [0, 0.1) is 0 Å². The Morgan fingerprint density at radius 2 is 1.40 bits per heavy atom. The Bertz CT molecular complexity index is 1800. The van der Waals surface area contributed by atoms with Crippen molar-refractivity contribution in [3.05, 3.63) is 154 Å². The molecule has 1 aliphatic rings. The Morgan fingerprint density at radius 3 is 1.94 bits per heavy atom. The summed E-state index contributed by atoms with van der Waals surface area (Å²) in [5.74, 6) is 1.12. The first-order valence-electron chi connectivity index (χ1n) is 15.2. The zero-order valence-electron chi connectivity index (χ0n) is 26.0. The highest BCUT2D eigenvalue weighted by atomic mass is 16.6. The number of amides is 1. The fraction of sp³-hybridized carbons (Fsp3) is 0.216. The zero-order valence-corrected chi connectivity index (χ0v) is 26.0. The minimum absolute atomic E-state index is 0.117. The second-order valence-electron chi connectivity index (χ2n) is 11.0. The van der Waals surface area contributed by atoms with E-state index in [1.165, 1.54) is 16.8 Å². The van der Waals surface area contributed by atoms with Crippen LogP contribution in [0.5, 0.6) is 11.5 Å². The molecular weight excluding hydrogens is 598 g/mol. The molecule has 2 N–H and O–H groups in total. The third kappa shape index (κ3) is 6.52. The molecule has 0 radical (unpaired) electrons. The molecule has 1 amide bonds. The zero-order chi connectivity index (χ0) is 32.8. The molecule has 0 aliphatic carbocycles. The van der Waals surface area contributed by atoms with Crippen LogP contribution in [-0.4, -0.2) is 53.6 Å². The number of aliphatic hydroxyl groups is 1. The van der Waals surface area contributed by atoms with Crippen LogP contribution in [0.3, 0.4) is 0 Å².